The van der Waals surface area contributed by atoms with Crippen LogP contribution in [-0.4, -0.2) is 22.7 Å². The van der Waals surface area contributed by atoms with Crippen LogP contribution < -0.4 is 19.9 Å². The van der Waals surface area contributed by atoms with Crippen LogP contribution in [0.15, 0.2) is 77.7 Å². The summed E-state index contributed by atoms with van der Waals surface area (Å²) in [5.74, 6) is -0.569. The van der Waals surface area contributed by atoms with Crippen LogP contribution in [-0.2, 0) is 20.2 Å². The van der Waals surface area contributed by atoms with E-state index in [1.54, 1.807) is 24.3 Å². The number of benzene rings is 3. The van der Waals surface area contributed by atoms with Crippen molar-refractivity contribution in [2.45, 2.75) is 11.8 Å². The molecule has 0 bridgehead atoms. The second-order valence-electron chi connectivity index (χ2n) is 6.68. The molecule has 0 radical (unpaired) electrons. The van der Waals surface area contributed by atoms with Crippen molar-refractivity contribution < 1.29 is 21.6 Å². The van der Waals surface area contributed by atoms with Crippen LogP contribution in [0, 0.1) is 6.92 Å². The zero-order valence-electron chi connectivity index (χ0n) is 16.4. The Balaban J connectivity index is 1.79. The Morgan fingerprint density at radius 3 is 2.06 bits per heavy atom. The van der Waals surface area contributed by atoms with Crippen molar-refractivity contribution in [1.29, 1.82) is 0 Å². The average molecular weight is 461 g/mol. The van der Waals surface area contributed by atoms with Crippen LogP contribution >= 0.6 is 0 Å². The van der Waals surface area contributed by atoms with Crippen molar-refractivity contribution in [1.82, 2.24) is 0 Å². The highest BCUT2D eigenvalue weighted by Crippen LogP contribution is 2.20. The Morgan fingerprint density at radius 1 is 0.774 bits per heavy atom. The average Bonchev–Trinajstić information content (AvgIpc) is 2.67. The van der Waals surface area contributed by atoms with Gasteiger partial charge in [0.2, 0.25) is 0 Å². The second-order valence-corrected chi connectivity index (χ2v) is 9.66. The van der Waals surface area contributed by atoms with Gasteiger partial charge in [0.15, 0.2) is 0 Å². The summed E-state index contributed by atoms with van der Waals surface area (Å²) in [4.78, 5) is 12.5. The quantitative estimate of drug-likeness (QED) is 0.428. The number of hydrogen-bond acceptors (Lipinski definition) is 5. The van der Waals surface area contributed by atoms with E-state index in [2.05, 4.69) is 14.8 Å². The Kier molecular flexibility index (Phi) is 6.29. The SMILES string of the molecule is Cc1cccc(NS(=O)(=O)c2cccc(C(=O)Nc3cccc(NS(N)(=O)=O)c3)c2)c1. The molecule has 0 fully saturated rings. The topological polar surface area (TPSA) is 147 Å². The maximum Gasteiger partial charge on any atom is 0.296 e. The molecule has 3 aromatic carbocycles. The van der Waals surface area contributed by atoms with E-state index in [0.29, 0.717) is 11.4 Å². The molecule has 0 aliphatic carbocycles. The fourth-order valence-electron chi connectivity index (χ4n) is 2.76. The first-order chi connectivity index (χ1) is 14.5. The predicted octanol–water partition coefficient (Wildman–Crippen LogP) is 2.66. The largest absolute Gasteiger partial charge is 0.322 e. The van der Waals surface area contributed by atoms with Gasteiger partial charge in [0.25, 0.3) is 26.1 Å². The van der Waals surface area contributed by atoms with E-state index in [9.17, 15) is 21.6 Å². The molecule has 0 saturated heterocycles. The van der Waals surface area contributed by atoms with Gasteiger partial charge in [0.05, 0.1) is 10.6 Å². The van der Waals surface area contributed by atoms with E-state index < -0.39 is 26.1 Å². The summed E-state index contributed by atoms with van der Waals surface area (Å²) in [6.07, 6.45) is 0. The minimum atomic E-state index is -3.96. The standard InChI is InChI=1S/C20H20N4O5S2/c1-14-5-2-8-17(11-14)23-30(26,27)19-10-3-6-15(12-19)20(25)22-16-7-4-9-18(13-16)24-31(21,28)29/h2-13,23-24H,1H3,(H,22,25)(H2,21,28,29). The molecule has 0 aromatic heterocycles. The van der Waals surface area contributed by atoms with E-state index in [0.717, 1.165) is 5.56 Å². The first-order valence-corrected chi connectivity index (χ1v) is 12.0. The van der Waals surface area contributed by atoms with Gasteiger partial charge in [-0.2, -0.15) is 8.42 Å². The van der Waals surface area contributed by atoms with Crippen molar-refractivity contribution in [3.63, 3.8) is 0 Å². The lowest BCUT2D eigenvalue weighted by Gasteiger charge is -2.11. The Morgan fingerprint density at radius 2 is 1.39 bits per heavy atom. The van der Waals surface area contributed by atoms with E-state index >= 15 is 0 Å². The third kappa shape index (κ3) is 6.28. The number of hydrogen-bond donors (Lipinski definition) is 4. The number of anilines is 3. The lowest BCUT2D eigenvalue weighted by atomic mass is 10.2. The number of amides is 1. The Labute approximate surface area is 180 Å². The van der Waals surface area contributed by atoms with Crippen molar-refractivity contribution in [3.05, 3.63) is 83.9 Å². The Bertz CT molecular complexity index is 1340. The van der Waals surface area contributed by atoms with Gasteiger partial charge in [-0.05, 0) is 61.0 Å². The Hall–Kier alpha value is -3.41. The lowest BCUT2D eigenvalue weighted by Crippen LogP contribution is -2.21. The highest BCUT2D eigenvalue weighted by Gasteiger charge is 2.17. The monoisotopic (exact) mass is 460 g/mol. The number of sulfonamides is 1. The fraction of sp³-hybridized carbons (Fsp3) is 0.0500. The summed E-state index contributed by atoms with van der Waals surface area (Å²) in [7, 11) is -7.87. The molecule has 1 amide bonds. The molecule has 0 heterocycles. The highest BCUT2D eigenvalue weighted by atomic mass is 32.2. The second kappa shape index (κ2) is 8.76. The van der Waals surface area contributed by atoms with Gasteiger partial charge in [-0.3, -0.25) is 14.2 Å². The first kappa shape index (κ1) is 22.3. The summed E-state index contributed by atoms with van der Waals surface area (Å²) in [6.45, 7) is 1.84. The molecule has 0 unspecified atom stereocenters. The van der Waals surface area contributed by atoms with Crippen molar-refractivity contribution in [2.75, 3.05) is 14.8 Å². The molecule has 0 spiro atoms. The van der Waals surface area contributed by atoms with E-state index in [1.807, 2.05) is 13.0 Å². The third-order valence-corrected chi connectivity index (χ3v) is 5.96. The van der Waals surface area contributed by atoms with Gasteiger partial charge >= 0.3 is 0 Å². The van der Waals surface area contributed by atoms with Crippen molar-refractivity contribution >= 4 is 43.2 Å². The molecular weight excluding hydrogens is 440 g/mol. The number of carbonyl (C=O) groups excluding carboxylic acids is 1. The molecule has 0 aliphatic heterocycles. The summed E-state index contributed by atoms with van der Waals surface area (Å²) < 4.78 is 52.3. The number of nitrogens with two attached hydrogens (primary N) is 1. The lowest BCUT2D eigenvalue weighted by molar-refractivity contribution is 0.102. The molecular formula is C20H20N4O5S2. The molecule has 3 rings (SSSR count). The number of aryl methyl sites for hydroxylation is 1. The van der Waals surface area contributed by atoms with Gasteiger partial charge in [-0.25, -0.2) is 13.6 Å². The number of nitrogens with one attached hydrogen (secondary N) is 3. The van der Waals surface area contributed by atoms with E-state index in [-0.39, 0.29) is 16.1 Å². The molecule has 31 heavy (non-hydrogen) atoms. The molecule has 0 aliphatic rings. The summed E-state index contributed by atoms with van der Waals surface area (Å²) in [5.41, 5.74) is 1.88. The van der Waals surface area contributed by atoms with Gasteiger partial charge in [0, 0.05) is 16.9 Å². The highest BCUT2D eigenvalue weighted by molar-refractivity contribution is 7.92. The van der Waals surface area contributed by atoms with Gasteiger partial charge in [-0.1, -0.05) is 24.3 Å². The zero-order valence-corrected chi connectivity index (χ0v) is 18.0. The normalized spacial score (nSPS) is 11.5. The van der Waals surface area contributed by atoms with E-state index in [4.69, 9.17) is 5.14 Å². The molecule has 162 valence electrons. The van der Waals surface area contributed by atoms with Gasteiger partial charge in [-0.15, -0.1) is 0 Å². The first-order valence-electron chi connectivity index (χ1n) is 8.93. The molecule has 9 nitrogen and oxygen atoms in total. The summed E-state index contributed by atoms with van der Waals surface area (Å²) in [5, 5.41) is 7.53. The van der Waals surface area contributed by atoms with Crippen LogP contribution in [0.4, 0.5) is 17.1 Å². The van der Waals surface area contributed by atoms with Gasteiger partial charge in [0.1, 0.15) is 0 Å². The van der Waals surface area contributed by atoms with Gasteiger partial charge < -0.3 is 5.32 Å². The summed E-state index contributed by atoms with van der Waals surface area (Å²) >= 11 is 0. The van der Waals surface area contributed by atoms with Crippen molar-refractivity contribution in [3.8, 4) is 0 Å². The molecule has 11 heteroatoms. The van der Waals surface area contributed by atoms with Crippen LogP contribution in [0.1, 0.15) is 15.9 Å². The molecule has 5 N–H and O–H groups in total. The maximum absolute atomic E-state index is 12.7. The third-order valence-electron chi connectivity index (χ3n) is 4.06. The van der Waals surface area contributed by atoms with E-state index in [1.165, 1.54) is 42.5 Å². The minimum Gasteiger partial charge on any atom is -0.322 e. The number of carbonyl (C=O) groups is 1. The van der Waals surface area contributed by atoms with Crippen LogP contribution in [0.25, 0.3) is 0 Å². The molecule has 0 atom stereocenters. The summed E-state index contributed by atoms with van der Waals surface area (Å²) in [6, 6.07) is 18.4. The minimum absolute atomic E-state index is 0.0775. The number of rotatable bonds is 7. The predicted molar refractivity (Wildman–Crippen MR) is 120 cm³/mol. The molecule has 0 saturated carbocycles. The smallest absolute Gasteiger partial charge is 0.296 e. The maximum atomic E-state index is 12.7. The molecule has 3 aromatic rings. The van der Waals surface area contributed by atoms with Crippen molar-refractivity contribution in [2.24, 2.45) is 5.14 Å². The van der Waals surface area contributed by atoms with Crippen LogP contribution in [0.3, 0.4) is 0 Å². The van der Waals surface area contributed by atoms with Crippen LogP contribution in [0.5, 0.6) is 0 Å². The fourth-order valence-corrected chi connectivity index (χ4v) is 4.31. The van der Waals surface area contributed by atoms with Crippen LogP contribution in [0.2, 0.25) is 0 Å². The zero-order chi connectivity index (χ0) is 22.6.